The molecule has 2 rings (SSSR count). The first-order valence-corrected chi connectivity index (χ1v) is 6.99. The lowest BCUT2D eigenvalue weighted by Crippen LogP contribution is -2.00. The van der Waals surface area contributed by atoms with Gasteiger partial charge in [0.25, 0.3) is 0 Å². The van der Waals surface area contributed by atoms with Gasteiger partial charge in [-0.2, -0.15) is 0 Å². The van der Waals surface area contributed by atoms with Crippen LogP contribution >= 0.6 is 0 Å². The minimum atomic E-state index is 0.367. The molecular formula is C18H20O3. The Bertz CT molecular complexity index is 600. The Balaban J connectivity index is 2.10. The summed E-state index contributed by atoms with van der Waals surface area (Å²) < 4.78 is 11.1. The third kappa shape index (κ3) is 3.85. The lowest BCUT2D eigenvalue weighted by Gasteiger charge is -2.12. The summed E-state index contributed by atoms with van der Waals surface area (Å²) in [6, 6.07) is 13.4. The van der Waals surface area contributed by atoms with Gasteiger partial charge in [-0.1, -0.05) is 26.0 Å². The minimum Gasteiger partial charge on any atom is -0.496 e. The molecule has 0 heterocycles. The molecule has 3 nitrogen and oxygen atoms in total. The first-order chi connectivity index (χ1) is 10.1. The molecule has 0 saturated carbocycles. The molecule has 0 spiro atoms. The molecule has 0 aliphatic carbocycles. The van der Waals surface area contributed by atoms with Crippen molar-refractivity contribution in [2.24, 2.45) is 0 Å². The fourth-order valence-corrected chi connectivity index (χ4v) is 2.09. The van der Waals surface area contributed by atoms with Gasteiger partial charge in [-0.05, 0) is 41.8 Å². The van der Waals surface area contributed by atoms with E-state index in [1.54, 1.807) is 25.3 Å². The predicted octanol–water partition coefficient (Wildman–Crippen LogP) is 4.21. The van der Waals surface area contributed by atoms with E-state index < -0.39 is 0 Å². The highest BCUT2D eigenvalue weighted by atomic mass is 16.5. The van der Waals surface area contributed by atoms with Crippen LogP contribution in [0.5, 0.6) is 11.5 Å². The first-order valence-electron chi connectivity index (χ1n) is 6.99. The zero-order valence-corrected chi connectivity index (χ0v) is 12.6. The summed E-state index contributed by atoms with van der Waals surface area (Å²) in [6.07, 6.45) is 0.820. The Morgan fingerprint density at radius 3 is 2.38 bits per heavy atom. The largest absolute Gasteiger partial charge is 0.496 e. The second-order valence-corrected chi connectivity index (χ2v) is 5.20. The molecule has 0 bridgehead atoms. The van der Waals surface area contributed by atoms with Crippen molar-refractivity contribution in [1.82, 2.24) is 0 Å². The maximum Gasteiger partial charge on any atom is 0.150 e. The van der Waals surface area contributed by atoms with E-state index in [4.69, 9.17) is 9.47 Å². The average Bonchev–Trinajstić information content (AvgIpc) is 2.52. The van der Waals surface area contributed by atoms with Crippen molar-refractivity contribution < 1.29 is 14.3 Å². The number of methoxy groups -OCH3 is 1. The molecule has 0 aromatic heterocycles. The number of hydrogen-bond acceptors (Lipinski definition) is 3. The van der Waals surface area contributed by atoms with Crippen molar-refractivity contribution >= 4 is 6.29 Å². The molecule has 0 N–H and O–H groups in total. The van der Waals surface area contributed by atoms with E-state index in [9.17, 15) is 4.79 Å². The van der Waals surface area contributed by atoms with Crippen molar-refractivity contribution in [2.45, 2.75) is 26.4 Å². The second kappa shape index (κ2) is 6.93. The second-order valence-electron chi connectivity index (χ2n) is 5.20. The molecule has 0 atom stereocenters. The van der Waals surface area contributed by atoms with Crippen LogP contribution in [0.2, 0.25) is 0 Å². The SMILES string of the molecule is COc1ccc(C=O)cc1COc1ccc(C(C)C)cc1. The smallest absolute Gasteiger partial charge is 0.150 e. The Labute approximate surface area is 125 Å². The number of carbonyl (C=O) groups is 1. The number of benzene rings is 2. The van der Waals surface area contributed by atoms with Crippen molar-refractivity contribution in [3.05, 3.63) is 59.2 Å². The standard InChI is InChI=1S/C18H20O3/c1-13(2)15-5-7-17(8-6-15)21-12-16-10-14(11-19)4-9-18(16)20-3/h4-11,13H,12H2,1-3H3. The fraction of sp³-hybridized carbons (Fsp3) is 0.278. The molecule has 0 aliphatic heterocycles. The van der Waals surface area contributed by atoms with Gasteiger partial charge < -0.3 is 9.47 Å². The van der Waals surface area contributed by atoms with Crippen molar-refractivity contribution in [1.29, 1.82) is 0 Å². The van der Waals surface area contributed by atoms with Crippen LogP contribution in [0.1, 0.15) is 41.3 Å². The van der Waals surface area contributed by atoms with E-state index in [0.717, 1.165) is 23.3 Å². The third-order valence-electron chi connectivity index (χ3n) is 3.38. The zero-order chi connectivity index (χ0) is 15.2. The topological polar surface area (TPSA) is 35.5 Å². The maximum absolute atomic E-state index is 10.9. The molecule has 0 amide bonds. The highest BCUT2D eigenvalue weighted by Crippen LogP contribution is 2.23. The molecule has 0 aliphatic rings. The molecule has 110 valence electrons. The maximum atomic E-state index is 10.9. The van der Waals surface area contributed by atoms with E-state index in [-0.39, 0.29) is 0 Å². The van der Waals surface area contributed by atoms with Gasteiger partial charge in [0.1, 0.15) is 24.4 Å². The molecule has 0 radical (unpaired) electrons. The highest BCUT2D eigenvalue weighted by molar-refractivity contribution is 5.75. The van der Waals surface area contributed by atoms with Crippen LogP contribution in [0.4, 0.5) is 0 Å². The average molecular weight is 284 g/mol. The van der Waals surface area contributed by atoms with Crippen LogP contribution in [0.25, 0.3) is 0 Å². The third-order valence-corrected chi connectivity index (χ3v) is 3.38. The molecule has 0 unspecified atom stereocenters. The Morgan fingerprint density at radius 2 is 1.81 bits per heavy atom. The van der Waals surface area contributed by atoms with Crippen molar-refractivity contribution in [2.75, 3.05) is 7.11 Å². The lowest BCUT2D eigenvalue weighted by molar-refractivity contribution is 0.112. The van der Waals surface area contributed by atoms with E-state index in [0.29, 0.717) is 18.1 Å². The summed E-state index contributed by atoms with van der Waals surface area (Å²) in [6.45, 7) is 4.68. The summed E-state index contributed by atoms with van der Waals surface area (Å²) in [5, 5.41) is 0. The number of ether oxygens (including phenoxy) is 2. The number of rotatable bonds is 6. The van der Waals surface area contributed by atoms with Gasteiger partial charge >= 0.3 is 0 Å². The summed E-state index contributed by atoms with van der Waals surface area (Å²) in [5.74, 6) is 2.03. The Kier molecular flexibility index (Phi) is 4.99. The zero-order valence-electron chi connectivity index (χ0n) is 12.6. The van der Waals surface area contributed by atoms with E-state index in [2.05, 4.69) is 26.0 Å². The van der Waals surface area contributed by atoms with Crippen LogP contribution in [0.15, 0.2) is 42.5 Å². The van der Waals surface area contributed by atoms with Crippen LogP contribution in [0, 0.1) is 0 Å². The van der Waals surface area contributed by atoms with Gasteiger partial charge in [0.15, 0.2) is 0 Å². The minimum absolute atomic E-state index is 0.367. The highest BCUT2D eigenvalue weighted by Gasteiger charge is 2.06. The Hall–Kier alpha value is -2.29. The summed E-state index contributed by atoms with van der Waals surface area (Å²) in [5.41, 5.74) is 2.75. The van der Waals surface area contributed by atoms with E-state index >= 15 is 0 Å². The van der Waals surface area contributed by atoms with Crippen LogP contribution in [0.3, 0.4) is 0 Å². The number of carbonyl (C=O) groups excluding carboxylic acids is 1. The van der Waals surface area contributed by atoms with Gasteiger partial charge in [0.05, 0.1) is 7.11 Å². The molecule has 0 fully saturated rings. The molecule has 2 aromatic rings. The summed E-state index contributed by atoms with van der Waals surface area (Å²) >= 11 is 0. The molecular weight excluding hydrogens is 264 g/mol. The fourth-order valence-electron chi connectivity index (χ4n) is 2.09. The van der Waals surface area contributed by atoms with Gasteiger partial charge in [-0.3, -0.25) is 4.79 Å². The Morgan fingerprint density at radius 1 is 1.10 bits per heavy atom. The molecule has 3 heteroatoms. The van der Waals surface area contributed by atoms with Crippen LogP contribution < -0.4 is 9.47 Å². The van der Waals surface area contributed by atoms with Gasteiger partial charge in [-0.25, -0.2) is 0 Å². The summed E-state index contributed by atoms with van der Waals surface area (Å²) in [7, 11) is 1.61. The quantitative estimate of drug-likeness (QED) is 0.745. The number of hydrogen-bond donors (Lipinski definition) is 0. The van der Waals surface area contributed by atoms with Crippen molar-refractivity contribution in [3.8, 4) is 11.5 Å². The molecule has 0 saturated heterocycles. The van der Waals surface area contributed by atoms with E-state index in [1.165, 1.54) is 5.56 Å². The number of aldehydes is 1. The van der Waals surface area contributed by atoms with Gasteiger partial charge in [0, 0.05) is 11.1 Å². The van der Waals surface area contributed by atoms with Crippen LogP contribution in [-0.4, -0.2) is 13.4 Å². The lowest BCUT2D eigenvalue weighted by atomic mass is 10.0. The predicted molar refractivity (Wildman–Crippen MR) is 83.2 cm³/mol. The van der Waals surface area contributed by atoms with Crippen molar-refractivity contribution in [3.63, 3.8) is 0 Å². The van der Waals surface area contributed by atoms with Gasteiger partial charge in [0.2, 0.25) is 0 Å². The first kappa shape index (κ1) is 15.1. The summed E-state index contributed by atoms with van der Waals surface area (Å²) in [4.78, 5) is 10.9. The molecule has 21 heavy (non-hydrogen) atoms. The monoisotopic (exact) mass is 284 g/mol. The normalized spacial score (nSPS) is 10.5. The molecule has 2 aromatic carbocycles. The van der Waals surface area contributed by atoms with Crippen LogP contribution in [-0.2, 0) is 6.61 Å². The van der Waals surface area contributed by atoms with E-state index in [1.807, 2.05) is 12.1 Å². The van der Waals surface area contributed by atoms with Gasteiger partial charge in [-0.15, -0.1) is 0 Å².